The van der Waals surface area contributed by atoms with Crippen molar-refractivity contribution in [2.45, 2.75) is 67.4 Å². The van der Waals surface area contributed by atoms with Crippen LogP contribution in [0, 0.1) is 11.8 Å². The van der Waals surface area contributed by atoms with Crippen LogP contribution in [0.1, 0.15) is 51.9 Å². The predicted molar refractivity (Wildman–Crippen MR) is 168 cm³/mol. The van der Waals surface area contributed by atoms with Crippen LogP contribution in [0.15, 0.2) is 67.8 Å². The topological polar surface area (TPSA) is 87.1 Å². The van der Waals surface area contributed by atoms with Crippen molar-refractivity contribution in [1.82, 2.24) is 4.90 Å². The second-order valence-electron chi connectivity index (χ2n) is 11.9. The molecule has 3 aliphatic rings. The molecule has 8 heteroatoms. The molecular weight excluding hydrogens is 548 g/mol. The van der Waals surface area contributed by atoms with Crippen molar-refractivity contribution in [3.63, 3.8) is 0 Å². The minimum atomic E-state index is -0.725. The van der Waals surface area contributed by atoms with Gasteiger partial charge in [0.05, 0.1) is 23.2 Å². The second-order valence-corrected chi connectivity index (χ2v) is 13.8. The fraction of sp³-hybridized carbons (Fsp3) is 0.500. The summed E-state index contributed by atoms with van der Waals surface area (Å²) in [7, 11) is 0. The summed E-state index contributed by atoms with van der Waals surface area (Å²) < 4.78 is 4.58. The maximum Gasteiger partial charge on any atom is 0.311 e. The number of anilines is 1. The number of amides is 2. The molecule has 224 valence electrons. The number of carbonyl (C=O) groups is 3. The third kappa shape index (κ3) is 5.28. The summed E-state index contributed by atoms with van der Waals surface area (Å²) in [6.45, 7) is 10.7. The zero-order valence-electron chi connectivity index (χ0n) is 24.5. The average Bonchev–Trinajstić information content (AvgIpc) is 3.56. The van der Waals surface area contributed by atoms with Crippen molar-refractivity contribution in [2.24, 2.45) is 11.8 Å². The van der Waals surface area contributed by atoms with Gasteiger partial charge in [-0.2, -0.15) is 0 Å². The first-order chi connectivity index (χ1) is 20.3. The van der Waals surface area contributed by atoms with Crippen LogP contribution in [-0.2, 0) is 19.1 Å². The van der Waals surface area contributed by atoms with Crippen molar-refractivity contribution >= 4 is 46.0 Å². The molecule has 2 aromatic carbocycles. The van der Waals surface area contributed by atoms with Gasteiger partial charge < -0.3 is 19.6 Å². The third-order valence-corrected chi connectivity index (χ3v) is 11.2. The van der Waals surface area contributed by atoms with E-state index in [0.29, 0.717) is 39.0 Å². The Labute approximate surface area is 253 Å². The maximum absolute atomic E-state index is 14.7. The molecule has 5 atom stereocenters. The first-order valence-corrected chi connectivity index (χ1v) is 15.9. The van der Waals surface area contributed by atoms with Crippen LogP contribution >= 0.6 is 11.8 Å². The third-order valence-electron chi connectivity index (χ3n) is 9.24. The van der Waals surface area contributed by atoms with Gasteiger partial charge in [-0.1, -0.05) is 42.5 Å². The fourth-order valence-corrected chi connectivity index (χ4v) is 9.63. The average molecular weight is 591 g/mol. The van der Waals surface area contributed by atoms with E-state index in [4.69, 9.17) is 4.74 Å². The number of carbonyl (C=O) groups excluding carboxylic acids is 3. The molecule has 0 aromatic heterocycles. The van der Waals surface area contributed by atoms with E-state index in [2.05, 4.69) is 20.1 Å². The van der Waals surface area contributed by atoms with E-state index in [0.717, 1.165) is 42.1 Å². The van der Waals surface area contributed by atoms with Crippen molar-refractivity contribution in [2.75, 3.05) is 31.2 Å². The Bertz CT molecular complexity index is 1360. The number of likely N-dealkylation sites (tertiary alicyclic amines) is 1. The lowest BCUT2D eigenvalue weighted by molar-refractivity contribution is -0.155. The Morgan fingerprint density at radius 2 is 1.88 bits per heavy atom. The van der Waals surface area contributed by atoms with Crippen LogP contribution in [0.25, 0.3) is 10.8 Å². The van der Waals surface area contributed by atoms with Gasteiger partial charge >= 0.3 is 5.97 Å². The quantitative estimate of drug-likeness (QED) is 0.177. The highest BCUT2D eigenvalue weighted by molar-refractivity contribution is 8.02. The number of ether oxygens (including phenoxy) is 1. The molecule has 2 unspecified atom stereocenters. The van der Waals surface area contributed by atoms with Crippen LogP contribution in [-0.4, -0.2) is 69.6 Å². The van der Waals surface area contributed by atoms with Crippen molar-refractivity contribution < 1.29 is 24.2 Å². The number of unbranched alkanes of at least 4 members (excludes halogenated alkanes) is 3. The van der Waals surface area contributed by atoms with Gasteiger partial charge in [0.2, 0.25) is 5.91 Å². The van der Waals surface area contributed by atoms with Gasteiger partial charge in [0, 0.05) is 30.1 Å². The summed E-state index contributed by atoms with van der Waals surface area (Å²) in [6, 6.07) is 13.2. The number of hydrogen-bond donors (Lipinski definition) is 1. The number of esters is 1. The normalized spacial score (nSPS) is 27.7. The fourth-order valence-electron chi connectivity index (χ4n) is 7.29. The summed E-state index contributed by atoms with van der Waals surface area (Å²) in [5, 5.41) is 11.6. The van der Waals surface area contributed by atoms with E-state index in [-0.39, 0.29) is 24.4 Å². The molecule has 2 amide bonds. The number of nitrogens with zero attached hydrogens (tertiary/aromatic N) is 2. The smallest absolute Gasteiger partial charge is 0.311 e. The molecule has 0 saturated carbocycles. The number of fused-ring (bicyclic) bond motifs is 2. The van der Waals surface area contributed by atoms with Crippen molar-refractivity contribution in [3.05, 3.63) is 67.8 Å². The first kappa shape index (κ1) is 30.4. The highest BCUT2D eigenvalue weighted by Gasteiger charge is 2.77. The van der Waals surface area contributed by atoms with Gasteiger partial charge in [-0.25, -0.2) is 0 Å². The maximum atomic E-state index is 14.7. The molecule has 1 spiro atoms. The standard InChI is InChI=1S/C34H42N2O5S/c1-4-6-7-12-22-41-32(40)28-27-30(38)36(20-10-11-21-37)29(34(27)18-17-33(28,3)42-34)31(39)35(19-5-2)26-16-15-24-13-8-9-14-25(24)23-26/h4-5,8-9,13-16,23,27-29,37H,1-2,6-7,10-12,17-22H2,3H3/t27-,28+,29?,33-,34?/m0/s1. The molecular formula is C34H42N2O5S. The van der Waals surface area contributed by atoms with E-state index in [1.54, 1.807) is 27.6 Å². The lowest BCUT2D eigenvalue weighted by Gasteiger charge is -2.37. The Morgan fingerprint density at radius 3 is 2.62 bits per heavy atom. The van der Waals surface area contributed by atoms with Crippen LogP contribution in [0.5, 0.6) is 0 Å². The number of thioether (sulfide) groups is 1. The predicted octanol–water partition coefficient (Wildman–Crippen LogP) is 5.51. The molecule has 3 fully saturated rings. The number of benzene rings is 2. The summed E-state index contributed by atoms with van der Waals surface area (Å²) in [5.74, 6) is -1.85. The Kier molecular flexibility index (Phi) is 9.14. The van der Waals surface area contributed by atoms with E-state index in [1.807, 2.05) is 48.5 Å². The molecule has 1 N–H and O–H groups in total. The highest BCUT2D eigenvalue weighted by Crippen LogP contribution is 2.71. The largest absolute Gasteiger partial charge is 0.465 e. The van der Waals surface area contributed by atoms with Gasteiger partial charge in [-0.15, -0.1) is 24.9 Å². The molecule has 7 nitrogen and oxygen atoms in total. The minimum Gasteiger partial charge on any atom is -0.465 e. The summed E-state index contributed by atoms with van der Waals surface area (Å²) in [4.78, 5) is 46.1. The highest BCUT2D eigenvalue weighted by atomic mass is 32.2. The van der Waals surface area contributed by atoms with E-state index < -0.39 is 27.4 Å². The van der Waals surface area contributed by atoms with Gasteiger partial charge in [0.15, 0.2) is 0 Å². The zero-order valence-corrected chi connectivity index (χ0v) is 25.3. The van der Waals surface area contributed by atoms with Crippen LogP contribution < -0.4 is 4.90 Å². The number of allylic oxidation sites excluding steroid dienone is 1. The Balaban J connectivity index is 1.49. The molecule has 3 saturated heterocycles. The number of aliphatic hydroxyl groups excluding tert-OH is 1. The zero-order chi connectivity index (χ0) is 29.9. The number of rotatable bonds is 14. The Morgan fingerprint density at radius 1 is 1.10 bits per heavy atom. The Hall–Kier alpha value is -3.10. The summed E-state index contributed by atoms with van der Waals surface area (Å²) >= 11 is 1.65. The second kappa shape index (κ2) is 12.6. The van der Waals surface area contributed by atoms with E-state index in [9.17, 15) is 19.5 Å². The monoisotopic (exact) mass is 590 g/mol. The number of hydrogen-bond acceptors (Lipinski definition) is 6. The summed E-state index contributed by atoms with van der Waals surface area (Å²) in [6.07, 6.45) is 8.59. The first-order valence-electron chi connectivity index (χ1n) is 15.1. The van der Waals surface area contributed by atoms with Gasteiger partial charge in [0.25, 0.3) is 5.91 Å². The van der Waals surface area contributed by atoms with Crippen LogP contribution in [0.4, 0.5) is 5.69 Å². The van der Waals surface area contributed by atoms with Crippen LogP contribution in [0.3, 0.4) is 0 Å². The van der Waals surface area contributed by atoms with Crippen LogP contribution in [0.2, 0.25) is 0 Å². The number of aliphatic hydroxyl groups is 1. The molecule has 42 heavy (non-hydrogen) atoms. The van der Waals surface area contributed by atoms with Gasteiger partial charge in [0.1, 0.15) is 6.04 Å². The molecule has 0 radical (unpaired) electrons. The van der Waals surface area contributed by atoms with E-state index >= 15 is 0 Å². The molecule has 3 heterocycles. The lowest BCUT2D eigenvalue weighted by atomic mass is 9.66. The van der Waals surface area contributed by atoms with Gasteiger partial charge in [-0.3, -0.25) is 14.4 Å². The lowest BCUT2D eigenvalue weighted by Crippen LogP contribution is -2.55. The summed E-state index contributed by atoms with van der Waals surface area (Å²) in [5.41, 5.74) is 0.750. The molecule has 0 aliphatic carbocycles. The SMILES string of the molecule is C=CCCCCOC(=O)[C@H]1[C@H]2C(=O)N(CCCCO)C(C(=O)N(CC=C)c3ccc4ccccc4c3)C23CC[C@]1(C)S3. The van der Waals surface area contributed by atoms with Crippen molar-refractivity contribution in [3.8, 4) is 0 Å². The molecule has 5 rings (SSSR count). The molecule has 2 aromatic rings. The van der Waals surface area contributed by atoms with Gasteiger partial charge in [-0.05, 0) is 74.8 Å². The van der Waals surface area contributed by atoms with E-state index in [1.165, 1.54) is 0 Å². The minimum absolute atomic E-state index is 0.0164. The van der Waals surface area contributed by atoms with Crippen molar-refractivity contribution in [1.29, 1.82) is 0 Å². The molecule has 3 aliphatic heterocycles. The molecule has 2 bridgehead atoms.